The lowest BCUT2D eigenvalue weighted by molar-refractivity contribution is -0.384. The summed E-state index contributed by atoms with van der Waals surface area (Å²) in [6.07, 6.45) is 0. The van der Waals surface area contributed by atoms with Crippen LogP contribution in [0.4, 0.5) is 5.69 Å². The Morgan fingerprint density at radius 2 is 2.00 bits per heavy atom. The van der Waals surface area contributed by atoms with E-state index in [1.807, 2.05) is 0 Å². The summed E-state index contributed by atoms with van der Waals surface area (Å²) < 4.78 is 5.56. The number of hydrogen-bond acceptors (Lipinski definition) is 4. The molecule has 7 heteroatoms. The lowest BCUT2D eigenvalue weighted by Gasteiger charge is -2.07. The molecule has 5 nitrogen and oxygen atoms in total. The Morgan fingerprint density at radius 3 is 2.67 bits per heavy atom. The average molecular weight is 371 g/mol. The molecule has 21 heavy (non-hydrogen) atoms. The molecule has 0 N–H and O–H groups in total. The van der Waals surface area contributed by atoms with Gasteiger partial charge in [0.25, 0.3) is 5.69 Å². The number of nitro groups is 1. The molecule has 108 valence electrons. The number of hydrogen-bond donors (Lipinski definition) is 0. The molecule has 0 radical (unpaired) electrons. The van der Waals surface area contributed by atoms with Crippen molar-refractivity contribution in [1.82, 2.24) is 0 Å². The molecule has 0 heterocycles. The molecule has 0 unspecified atom stereocenters. The van der Waals surface area contributed by atoms with Gasteiger partial charge in [-0.1, -0.05) is 29.8 Å². The third-order valence-electron chi connectivity index (χ3n) is 2.70. The summed E-state index contributed by atoms with van der Waals surface area (Å²) in [5.41, 5.74) is 0.577. The third kappa shape index (κ3) is 3.80. The molecule has 0 bridgehead atoms. The van der Waals surface area contributed by atoms with E-state index in [0.29, 0.717) is 15.1 Å². The van der Waals surface area contributed by atoms with Gasteiger partial charge in [-0.2, -0.15) is 0 Å². The highest BCUT2D eigenvalue weighted by atomic mass is 79.9. The minimum Gasteiger partial charge on any atom is -0.457 e. The van der Waals surface area contributed by atoms with E-state index in [-0.39, 0.29) is 17.9 Å². The van der Waals surface area contributed by atoms with Crippen LogP contribution in [0.15, 0.2) is 46.9 Å². The smallest absolute Gasteiger partial charge is 0.339 e. The quantitative estimate of drug-likeness (QED) is 0.455. The first-order valence-electron chi connectivity index (χ1n) is 5.83. The molecular weight excluding hydrogens is 362 g/mol. The Hall–Kier alpha value is -1.92. The molecule has 0 saturated carbocycles. The zero-order chi connectivity index (χ0) is 15.4. The summed E-state index contributed by atoms with van der Waals surface area (Å²) in [7, 11) is 0. The van der Waals surface area contributed by atoms with E-state index < -0.39 is 10.9 Å². The number of rotatable bonds is 4. The fourth-order valence-electron chi connectivity index (χ4n) is 1.62. The molecule has 0 aliphatic rings. The Bertz CT molecular complexity index is 705. The van der Waals surface area contributed by atoms with Crippen molar-refractivity contribution < 1.29 is 14.5 Å². The standard InChI is InChI=1S/C14H9BrClNO4/c15-12-6-5-10(17(19)20)7-11(12)14(18)21-8-9-3-1-2-4-13(9)16/h1-7H,8H2. The second kappa shape index (κ2) is 6.69. The van der Waals surface area contributed by atoms with Crippen molar-refractivity contribution in [3.8, 4) is 0 Å². The van der Waals surface area contributed by atoms with E-state index in [0.717, 1.165) is 0 Å². The Kier molecular flexibility index (Phi) is 4.93. The van der Waals surface area contributed by atoms with Crippen LogP contribution < -0.4 is 0 Å². The van der Waals surface area contributed by atoms with Crippen LogP contribution in [0.3, 0.4) is 0 Å². The van der Waals surface area contributed by atoms with Crippen LogP contribution in [-0.2, 0) is 11.3 Å². The summed E-state index contributed by atoms with van der Waals surface area (Å²) in [4.78, 5) is 22.2. The largest absolute Gasteiger partial charge is 0.457 e. The average Bonchev–Trinajstić information content (AvgIpc) is 2.46. The summed E-state index contributed by atoms with van der Waals surface area (Å²) in [6.45, 7) is -0.00631. The van der Waals surface area contributed by atoms with Crippen LogP contribution >= 0.6 is 27.5 Å². The van der Waals surface area contributed by atoms with Gasteiger partial charge in [-0.15, -0.1) is 0 Å². The maximum absolute atomic E-state index is 12.0. The zero-order valence-corrected chi connectivity index (χ0v) is 12.9. The molecule has 2 rings (SSSR count). The number of nitrogens with zero attached hydrogens (tertiary/aromatic N) is 1. The van der Waals surface area contributed by atoms with Crippen molar-refractivity contribution in [3.05, 3.63) is 73.2 Å². The minimum absolute atomic E-state index is 0.00631. The van der Waals surface area contributed by atoms with Crippen LogP contribution in [0.5, 0.6) is 0 Å². The van der Waals surface area contributed by atoms with Gasteiger partial charge in [-0.25, -0.2) is 4.79 Å². The molecule has 0 aromatic heterocycles. The van der Waals surface area contributed by atoms with Crippen molar-refractivity contribution >= 4 is 39.2 Å². The fourth-order valence-corrected chi connectivity index (χ4v) is 2.22. The predicted molar refractivity (Wildman–Crippen MR) is 81.4 cm³/mol. The first-order valence-corrected chi connectivity index (χ1v) is 7.00. The highest BCUT2D eigenvalue weighted by Gasteiger charge is 2.17. The highest BCUT2D eigenvalue weighted by Crippen LogP contribution is 2.24. The van der Waals surface area contributed by atoms with E-state index in [4.69, 9.17) is 16.3 Å². The lowest BCUT2D eigenvalue weighted by Crippen LogP contribution is -2.07. The second-order valence-corrected chi connectivity index (χ2v) is 5.35. The third-order valence-corrected chi connectivity index (χ3v) is 3.76. The van der Waals surface area contributed by atoms with Gasteiger partial charge in [-0.05, 0) is 28.1 Å². The number of halogens is 2. The maximum Gasteiger partial charge on any atom is 0.339 e. The van der Waals surface area contributed by atoms with Crippen molar-refractivity contribution in [1.29, 1.82) is 0 Å². The molecule has 2 aromatic carbocycles. The summed E-state index contributed by atoms with van der Waals surface area (Å²) in [5, 5.41) is 11.2. The van der Waals surface area contributed by atoms with Crippen LogP contribution in [0.2, 0.25) is 5.02 Å². The topological polar surface area (TPSA) is 69.4 Å². The SMILES string of the molecule is O=C(OCc1ccccc1Cl)c1cc([N+](=O)[O-])ccc1Br. The lowest BCUT2D eigenvalue weighted by atomic mass is 10.2. The fraction of sp³-hybridized carbons (Fsp3) is 0.0714. The Balaban J connectivity index is 2.15. The van der Waals surface area contributed by atoms with Gasteiger partial charge in [-0.3, -0.25) is 10.1 Å². The van der Waals surface area contributed by atoms with Gasteiger partial charge < -0.3 is 4.74 Å². The van der Waals surface area contributed by atoms with Gasteiger partial charge in [0.2, 0.25) is 0 Å². The minimum atomic E-state index is -0.662. The second-order valence-electron chi connectivity index (χ2n) is 4.09. The van der Waals surface area contributed by atoms with Gasteiger partial charge in [0.05, 0.1) is 10.5 Å². The molecule has 0 amide bonds. The monoisotopic (exact) mass is 369 g/mol. The van der Waals surface area contributed by atoms with Crippen molar-refractivity contribution in [2.75, 3.05) is 0 Å². The molecule has 0 aliphatic carbocycles. The van der Waals surface area contributed by atoms with E-state index in [9.17, 15) is 14.9 Å². The van der Waals surface area contributed by atoms with Crippen LogP contribution in [0, 0.1) is 10.1 Å². The van der Waals surface area contributed by atoms with Gasteiger partial charge >= 0.3 is 5.97 Å². The Labute approximate surface area is 133 Å². The van der Waals surface area contributed by atoms with E-state index in [1.54, 1.807) is 24.3 Å². The highest BCUT2D eigenvalue weighted by molar-refractivity contribution is 9.10. The number of esters is 1. The van der Waals surface area contributed by atoms with Crippen molar-refractivity contribution in [3.63, 3.8) is 0 Å². The predicted octanol–water partition coefficient (Wildman–Crippen LogP) is 4.37. The van der Waals surface area contributed by atoms with E-state index >= 15 is 0 Å². The summed E-state index contributed by atoms with van der Waals surface area (Å²) in [5.74, 6) is -0.662. The van der Waals surface area contributed by atoms with Crippen LogP contribution in [0.1, 0.15) is 15.9 Å². The van der Waals surface area contributed by atoms with Crippen LogP contribution in [0.25, 0.3) is 0 Å². The van der Waals surface area contributed by atoms with Gasteiger partial charge in [0.1, 0.15) is 6.61 Å². The maximum atomic E-state index is 12.0. The number of benzene rings is 2. The normalized spacial score (nSPS) is 10.2. The zero-order valence-electron chi connectivity index (χ0n) is 10.6. The summed E-state index contributed by atoms with van der Waals surface area (Å²) in [6, 6.07) is 10.9. The molecule has 0 saturated heterocycles. The van der Waals surface area contributed by atoms with Gasteiger partial charge in [0.15, 0.2) is 0 Å². The van der Waals surface area contributed by atoms with E-state index in [1.165, 1.54) is 18.2 Å². The molecule has 0 fully saturated rings. The molecule has 0 spiro atoms. The van der Waals surface area contributed by atoms with Crippen molar-refractivity contribution in [2.45, 2.75) is 6.61 Å². The first-order chi connectivity index (χ1) is 9.99. The molecule has 2 aromatic rings. The molecule has 0 aliphatic heterocycles. The number of non-ortho nitro benzene ring substituents is 1. The van der Waals surface area contributed by atoms with Crippen LogP contribution in [-0.4, -0.2) is 10.9 Å². The first kappa shape index (κ1) is 15.5. The number of nitro benzene ring substituents is 1. The number of carbonyl (C=O) groups is 1. The molecule has 0 atom stereocenters. The number of ether oxygens (including phenoxy) is 1. The Morgan fingerprint density at radius 1 is 1.29 bits per heavy atom. The molecular formula is C14H9BrClNO4. The van der Waals surface area contributed by atoms with Gasteiger partial charge in [0, 0.05) is 27.2 Å². The van der Waals surface area contributed by atoms with Crippen molar-refractivity contribution in [2.24, 2.45) is 0 Å². The number of carbonyl (C=O) groups excluding carboxylic acids is 1. The summed E-state index contributed by atoms with van der Waals surface area (Å²) >= 11 is 9.13. The van der Waals surface area contributed by atoms with E-state index in [2.05, 4.69) is 15.9 Å².